The summed E-state index contributed by atoms with van der Waals surface area (Å²) in [4.78, 5) is 0. The first-order valence-electron chi connectivity index (χ1n) is 2.65. The lowest BCUT2D eigenvalue weighted by Gasteiger charge is -2.17. The van der Waals surface area contributed by atoms with E-state index in [1.54, 1.807) is 0 Å². The summed E-state index contributed by atoms with van der Waals surface area (Å²) in [5, 5.41) is 8.73. The van der Waals surface area contributed by atoms with E-state index in [-0.39, 0.29) is 12.2 Å². The number of allylic oxidation sites excluding steroid dienone is 2. The van der Waals surface area contributed by atoms with Crippen LogP contribution in [-0.2, 0) is 0 Å². The molecule has 0 fully saturated rings. The Hall–Kier alpha value is -0.830. The third kappa shape index (κ3) is 1.54. The molecule has 0 saturated heterocycles. The van der Waals surface area contributed by atoms with Gasteiger partial charge in [-0.3, -0.25) is 5.73 Å². The largest absolute Gasteiger partial charge is 0.512 e. The van der Waals surface area contributed by atoms with E-state index in [1.807, 2.05) is 0 Å². The molecule has 1 aliphatic rings. The lowest BCUT2D eigenvalue weighted by molar-refractivity contribution is 0.204. The molecule has 50 valence electrons. The number of halogens is 1. The summed E-state index contributed by atoms with van der Waals surface area (Å²) in [5.41, 5.74) is 5.01. The van der Waals surface area contributed by atoms with Crippen LogP contribution in [0.1, 0.15) is 6.42 Å². The van der Waals surface area contributed by atoms with Crippen molar-refractivity contribution in [3.8, 4) is 0 Å². The molecule has 0 saturated carbocycles. The molecule has 1 atom stereocenters. The van der Waals surface area contributed by atoms with Gasteiger partial charge in [-0.1, -0.05) is 6.08 Å². The Morgan fingerprint density at radius 3 is 2.78 bits per heavy atom. The third-order valence-electron chi connectivity index (χ3n) is 1.11. The van der Waals surface area contributed by atoms with Crippen LogP contribution in [0.2, 0.25) is 0 Å². The molecule has 0 radical (unpaired) electrons. The van der Waals surface area contributed by atoms with Gasteiger partial charge in [-0.15, -0.1) is 0 Å². The highest BCUT2D eigenvalue weighted by Crippen LogP contribution is 2.19. The average molecular weight is 129 g/mol. The number of aliphatic hydroxyl groups is 1. The fourth-order valence-corrected chi connectivity index (χ4v) is 0.715. The van der Waals surface area contributed by atoms with Crippen LogP contribution < -0.4 is 5.73 Å². The minimum absolute atomic E-state index is 0.0116. The molecule has 0 aromatic rings. The maximum atomic E-state index is 12.6. The standard InChI is InChI=1S/C6H8FNO/c7-6(8)3-1-2-5(9)4-6/h1-3,9H,4,8H2. The molecular formula is C6H8FNO. The van der Waals surface area contributed by atoms with Crippen molar-refractivity contribution in [2.45, 2.75) is 12.2 Å². The molecule has 0 aromatic carbocycles. The van der Waals surface area contributed by atoms with Gasteiger partial charge in [0.25, 0.3) is 0 Å². The Labute approximate surface area is 52.5 Å². The minimum atomic E-state index is -1.85. The molecule has 1 rings (SSSR count). The van der Waals surface area contributed by atoms with Crippen molar-refractivity contribution >= 4 is 0 Å². The van der Waals surface area contributed by atoms with Gasteiger partial charge in [-0.25, -0.2) is 4.39 Å². The average Bonchev–Trinajstić information content (AvgIpc) is 1.60. The summed E-state index contributed by atoms with van der Waals surface area (Å²) in [6.45, 7) is 0. The molecule has 2 nitrogen and oxygen atoms in total. The lowest BCUT2D eigenvalue weighted by Crippen LogP contribution is -2.33. The van der Waals surface area contributed by atoms with Crippen molar-refractivity contribution in [3.05, 3.63) is 24.0 Å². The van der Waals surface area contributed by atoms with E-state index in [0.717, 1.165) is 0 Å². The molecule has 9 heavy (non-hydrogen) atoms. The number of aliphatic hydroxyl groups excluding tert-OH is 1. The van der Waals surface area contributed by atoms with Crippen LogP contribution in [0.25, 0.3) is 0 Å². The van der Waals surface area contributed by atoms with E-state index < -0.39 is 5.79 Å². The topological polar surface area (TPSA) is 46.2 Å². The predicted molar refractivity (Wildman–Crippen MR) is 32.5 cm³/mol. The van der Waals surface area contributed by atoms with E-state index in [2.05, 4.69) is 0 Å². The molecule has 0 heterocycles. The first-order valence-corrected chi connectivity index (χ1v) is 2.65. The van der Waals surface area contributed by atoms with E-state index in [4.69, 9.17) is 10.8 Å². The number of hydrogen-bond acceptors (Lipinski definition) is 2. The van der Waals surface area contributed by atoms with Crippen molar-refractivity contribution in [2.75, 3.05) is 0 Å². The van der Waals surface area contributed by atoms with Gasteiger partial charge in [0.05, 0.1) is 12.2 Å². The summed E-state index contributed by atoms with van der Waals surface area (Å²) < 4.78 is 12.6. The number of rotatable bonds is 0. The zero-order valence-corrected chi connectivity index (χ0v) is 4.84. The highest BCUT2D eigenvalue weighted by atomic mass is 19.1. The second-order valence-corrected chi connectivity index (χ2v) is 2.12. The Morgan fingerprint density at radius 1 is 1.78 bits per heavy atom. The van der Waals surface area contributed by atoms with Crippen LogP contribution in [-0.4, -0.2) is 10.9 Å². The van der Waals surface area contributed by atoms with Crippen molar-refractivity contribution in [3.63, 3.8) is 0 Å². The predicted octanol–water partition coefficient (Wildman–Crippen LogP) is 1.01. The molecule has 0 aromatic heterocycles. The fourth-order valence-electron chi connectivity index (χ4n) is 0.715. The molecule has 1 unspecified atom stereocenters. The molecule has 0 bridgehead atoms. The van der Waals surface area contributed by atoms with Crippen molar-refractivity contribution < 1.29 is 9.50 Å². The van der Waals surface area contributed by atoms with Gasteiger partial charge in [0.1, 0.15) is 0 Å². The first-order chi connectivity index (χ1) is 4.10. The highest BCUT2D eigenvalue weighted by molar-refractivity contribution is 5.19. The van der Waals surface area contributed by atoms with Gasteiger partial charge < -0.3 is 5.11 Å². The molecule has 3 N–H and O–H groups in total. The fraction of sp³-hybridized carbons (Fsp3) is 0.333. The van der Waals surface area contributed by atoms with E-state index in [1.165, 1.54) is 18.2 Å². The Bertz CT molecular complexity index is 172. The Balaban J connectivity index is 2.73. The highest BCUT2D eigenvalue weighted by Gasteiger charge is 2.23. The number of alkyl halides is 1. The summed E-state index contributed by atoms with van der Waals surface area (Å²) in [6.07, 6.45) is 3.92. The molecule has 0 amide bonds. The van der Waals surface area contributed by atoms with Crippen LogP contribution in [0, 0.1) is 0 Å². The molecule has 0 aliphatic heterocycles. The molecule has 0 spiro atoms. The first kappa shape index (κ1) is 6.29. The minimum Gasteiger partial charge on any atom is -0.512 e. The maximum Gasteiger partial charge on any atom is 0.185 e. The lowest BCUT2D eigenvalue weighted by atomic mass is 10.1. The van der Waals surface area contributed by atoms with E-state index in [0.29, 0.717) is 0 Å². The Morgan fingerprint density at radius 2 is 2.44 bits per heavy atom. The van der Waals surface area contributed by atoms with Crippen LogP contribution in [0.5, 0.6) is 0 Å². The molecule has 3 heteroatoms. The van der Waals surface area contributed by atoms with Crippen molar-refractivity contribution in [1.82, 2.24) is 0 Å². The van der Waals surface area contributed by atoms with Crippen LogP contribution in [0.15, 0.2) is 24.0 Å². The van der Waals surface area contributed by atoms with E-state index in [9.17, 15) is 4.39 Å². The van der Waals surface area contributed by atoms with Gasteiger partial charge in [0, 0.05) is 0 Å². The summed E-state index contributed by atoms with van der Waals surface area (Å²) in [6, 6.07) is 0. The quantitative estimate of drug-likeness (QED) is 0.479. The van der Waals surface area contributed by atoms with Gasteiger partial charge >= 0.3 is 0 Å². The van der Waals surface area contributed by atoms with Gasteiger partial charge in [0.15, 0.2) is 5.79 Å². The summed E-state index contributed by atoms with van der Waals surface area (Å²) in [7, 11) is 0. The van der Waals surface area contributed by atoms with Crippen molar-refractivity contribution in [2.24, 2.45) is 5.73 Å². The van der Waals surface area contributed by atoms with Gasteiger partial charge in [-0.2, -0.15) is 0 Å². The van der Waals surface area contributed by atoms with Gasteiger partial charge in [0.2, 0.25) is 0 Å². The smallest absolute Gasteiger partial charge is 0.185 e. The third-order valence-corrected chi connectivity index (χ3v) is 1.11. The van der Waals surface area contributed by atoms with Crippen LogP contribution in [0.3, 0.4) is 0 Å². The zero-order chi connectivity index (χ0) is 6.91. The monoisotopic (exact) mass is 129 g/mol. The maximum absolute atomic E-state index is 12.6. The molecular weight excluding hydrogens is 121 g/mol. The second kappa shape index (κ2) is 1.84. The molecule has 1 aliphatic carbocycles. The van der Waals surface area contributed by atoms with E-state index >= 15 is 0 Å². The number of hydrogen-bond donors (Lipinski definition) is 2. The zero-order valence-electron chi connectivity index (χ0n) is 4.84. The van der Waals surface area contributed by atoms with Crippen LogP contribution >= 0.6 is 0 Å². The SMILES string of the molecule is NC1(F)C=CC=C(O)C1. The Kier molecular flexibility index (Phi) is 1.29. The number of nitrogens with two attached hydrogens (primary N) is 1. The second-order valence-electron chi connectivity index (χ2n) is 2.12. The normalized spacial score (nSPS) is 34.2. The van der Waals surface area contributed by atoms with Crippen molar-refractivity contribution in [1.29, 1.82) is 0 Å². The van der Waals surface area contributed by atoms with Crippen LogP contribution in [0.4, 0.5) is 4.39 Å². The summed E-state index contributed by atoms with van der Waals surface area (Å²) >= 11 is 0. The summed E-state index contributed by atoms with van der Waals surface area (Å²) in [5.74, 6) is -1.86. The van der Waals surface area contributed by atoms with Gasteiger partial charge in [-0.05, 0) is 12.2 Å².